The van der Waals surface area contributed by atoms with E-state index in [-0.39, 0.29) is 12.1 Å². The molecule has 0 amide bonds. The molecule has 0 unspecified atom stereocenters. The summed E-state index contributed by atoms with van der Waals surface area (Å²) in [6, 6.07) is 1.55. The van der Waals surface area contributed by atoms with Crippen LogP contribution in [0.3, 0.4) is 0 Å². The van der Waals surface area contributed by atoms with Gasteiger partial charge < -0.3 is 10.8 Å². The Labute approximate surface area is 74.2 Å². The van der Waals surface area contributed by atoms with Crippen molar-refractivity contribution in [2.24, 2.45) is 5.73 Å². The molecule has 0 spiro atoms. The summed E-state index contributed by atoms with van der Waals surface area (Å²) in [6.07, 6.45) is 1.30. The van der Waals surface area contributed by atoms with Crippen molar-refractivity contribution in [1.82, 2.24) is 4.98 Å². The zero-order valence-electron chi connectivity index (χ0n) is 6.77. The molecule has 70 valence electrons. The van der Waals surface area contributed by atoms with Crippen LogP contribution in [-0.2, 0) is 11.2 Å². The summed E-state index contributed by atoms with van der Waals surface area (Å²) in [6.45, 7) is 0. The zero-order valence-corrected chi connectivity index (χ0v) is 6.77. The smallest absolute Gasteiger partial charge is 0.320 e. The van der Waals surface area contributed by atoms with Gasteiger partial charge in [-0.25, -0.2) is 4.39 Å². The van der Waals surface area contributed by atoms with Crippen molar-refractivity contribution < 1.29 is 14.3 Å². The largest absolute Gasteiger partial charge is 0.480 e. The second-order valence-electron chi connectivity index (χ2n) is 2.58. The van der Waals surface area contributed by atoms with Crippen molar-refractivity contribution >= 4 is 5.97 Å². The third kappa shape index (κ3) is 2.48. The lowest BCUT2D eigenvalue weighted by molar-refractivity contribution is -0.138. The van der Waals surface area contributed by atoms with E-state index >= 15 is 0 Å². The number of carboxylic acids is 1. The van der Waals surface area contributed by atoms with Crippen molar-refractivity contribution in [3.05, 3.63) is 29.8 Å². The van der Waals surface area contributed by atoms with E-state index in [9.17, 15) is 9.18 Å². The molecule has 0 aliphatic rings. The second-order valence-corrected chi connectivity index (χ2v) is 2.58. The summed E-state index contributed by atoms with van der Waals surface area (Å²) in [5, 5.41) is 8.46. The van der Waals surface area contributed by atoms with Gasteiger partial charge >= 0.3 is 5.97 Å². The lowest BCUT2D eigenvalue weighted by Crippen LogP contribution is -2.32. The molecule has 0 aliphatic carbocycles. The number of hydrogen-bond acceptors (Lipinski definition) is 3. The Kier molecular flexibility index (Phi) is 2.92. The fourth-order valence-electron chi connectivity index (χ4n) is 0.864. The van der Waals surface area contributed by atoms with Gasteiger partial charge in [-0.05, 0) is 12.1 Å². The number of rotatable bonds is 3. The Morgan fingerprint density at radius 1 is 1.77 bits per heavy atom. The predicted molar refractivity (Wildman–Crippen MR) is 43.5 cm³/mol. The Hall–Kier alpha value is -1.49. The van der Waals surface area contributed by atoms with Crippen LogP contribution < -0.4 is 5.73 Å². The Balaban J connectivity index is 2.74. The SMILES string of the molecule is N[C@H](Cc1ncccc1F)C(=O)O. The number of halogens is 1. The molecule has 0 saturated heterocycles. The molecule has 4 nitrogen and oxygen atoms in total. The number of nitrogens with two attached hydrogens (primary N) is 1. The highest BCUT2D eigenvalue weighted by molar-refractivity contribution is 5.73. The first-order valence-corrected chi connectivity index (χ1v) is 3.69. The minimum Gasteiger partial charge on any atom is -0.480 e. The lowest BCUT2D eigenvalue weighted by atomic mass is 10.1. The van der Waals surface area contributed by atoms with Crippen molar-refractivity contribution in [1.29, 1.82) is 0 Å². The van der Waals surface area contributed by atoms with Crippen LogP contribution in [0.4, 0.5) is 4.39 Å². The van der Waals surface area contributed by atoms with E-state index in [1.165, 1.54) is 18.3 Å². The molecular weight excluding hydrogens is 175 g/mol. The molecule has 1 aromatic heterocycles. The first-order valence-electron chi connectivity index (χ1n) is 3.69. The van der Waals surface area contributed by atoms with Crippen molar-refractivity contribution in [3.63, 3.8) is 0 Å². The number of nitrogens with zero attached hydrogens (tertiary/aromatic N) is 1. The molecule has 0 aromatic carbocycles. The van der Waals surface area contributed by atoms with Gasteiger partial charge in [0.1, 0.15) is 11.9 Å². The van der Waals surface area contributed by atoms with E-state index in [4.69, 9.17) is 10.8 Å². The fraction of sp³-hybridized carbons (Fsp3) is 0.250. The molecule has 0 fully saturated rings. The Morgan fingerprint density at radius 3 is 3.00 bits per heavy atom. The number of carboxylic acid groups (broad SMARTS) is 1. The van der Waals surface area contributed by atoms with Crippen molar-refractivity contribution in [3.8, 4) is 0 Å². The maximum Gasteiger partial charge on any atom is 0.320 e. The molecule has 5 heteroatoms. The van der Waals surface area contributed by atoms with Gasteiger partial charge in [-0.3, -0.25) is 9.78 Å². The molecule has 13 heavy (non-hydrogen) atoms. The third-order valence-corrected chi connectivity index (χ3v) is 1.57. The van der Waals surface area contributed by atoms with E-state index in [2.05, 4.69) is 4.98 Å². The van der Waals surface area contributed by atoms with Crippen LogP contribution in [0.2, 0.25) is 0 Å². The third-order valence-electron chi connectivity index (χ3n) is 1.57. The first-order chi connectivity index (χ1) is 6.11. The predicted octanol–water partition coefficient (Wildman–Crippen LogP) is 0.175. The monoisotopic (exact) mass is 184 g/mol. The molecule has 1 rings (SSSR count). The summed E-state index contributed by atoms with van der Waals surface area (Å²) in [5.74, 6) is -1.69. The van der Waals surface area contributed by atoms with Crippen LogP contribution >= 0.6 is 0 Å². The quantitative estimate of drug-likeness (QED) is 0.702. The molecule has 0 bridgehead atoms. The Bertz CT molecular complexity index is 317. The number of aromatic nitrogens is 1. The van der Waals surface area contributed by atoms with E-state index in [0.29, 0.717) is 0 Å². The maximum absolute atomic E-state index is 12.9. The van der Waals surface area contributed by atoms with Crippen LogP contribution in [0.15, 0.2) is 18.3 Å². The minimum atomic E-state index is -1.16. The van der Waals surface area contributed by atoms with E-state index in [1.54, 1.807) is 0 Å². The zero-order chi connectivity index (χ0) is 9.84. The van der Waals surface area contributed by atoms with E-state index < -0.39 is 17.8 Å². The van der Waals surface area contributed by atoms with Crippen molar-refractivity contribution in [2.75, 3.05) is 0 Å². The van der Waals surface area contributed by atoms with Gasteiger partial charge in [0.25, 0.3) is 0 Å². The Morgan fingerprint density at radius 2 is 2.46 bits per heavy atom. The van der Waals surface area contributed by atoms with Crippen LogP contribution in [0.5, 0.6) is 0 Å². The number of aliphatic carboxylic acids is 1. The van der Waals surface area contributed by atoms with Crippen LogP contribution in [0.1, 0.15) is 5.69 Å². The van der Waals surface area contributed by atoms with Gasteiger partial charge in [0.15, 0.2) is 0 Å². The fourth-order valence-corrected chi connectivity index (χ4v) is 0.864. The van der Waals surface area contributed by atoms with Crippen molar-refractivity contribution in [2.45, 2.75) is 12.5 Å². The summed E-state index contributed by atoms with van der Waals surface area (Å²) < 4.78 is 12.9. The summed E-state index contributed by atoms with van der Waals surface area (Å²) in [4.78, 5) is 14.0. The number of hydrogen-bond donors (Lipinski definition) is 2. The van der Waals surface area contributed by atoms with Crippen LogP contribution in [-0.4, -0.2) is 22.1 Å². The maximum atomic E-state index is 12.9. The van der Waals surface area contributed by atoms with Gasteiger partial charge in [-0.2, -0.15) is 0 Å². The summed E-state index contributed by atoms with van der Waals surface area (Å²) >= 11 is 0. The molecular formula is C8H9FN2O2. The highest BCUT2D eigenvalue weighted by atomic mass is 19.1. The van der Waals surface area contributed by atoms with Crippen LogP contribution in [0, 0.1) is 5.82 Å². The van der Waals surface area contributed by atoms with Gasteiger partial charge in [-0.15, -0.1) is 0 Å². The number of carbonyl (C=O) groups is 1. The average Bonchev–Trinajstić information content (AvgIpc) is 2.08. The second kappa shape index (κ2) is 3.95. The molecule has 0 radical (unpaired) electrons. The van der Waals surface area contributed by atoms with Gasteiger partial charge in [0.2, 0.25) is 0 Å². The first kappa shape index (κ1) is 9.60. The molecule has 0 saturated carbocycles. The highest BCUT2D eigenvalue weighted by Crippen LogP contribution is 2.04. The summed E-state index contributed by atoms with van der Waals surface area (Å²) in [5.41, 5.74) is 5.29. The summed E-state index contributed by atoms with van der Waals surface area (Å²) in [7, 11) is 0. The number of pyridine rings is 1. The van der Waals surface area contributed by atoms with Gasteiger partial charge in [0.05, 0.1) is 5.69 Å². The van der Waals surface area contributed by atoms with Gasteiger partial charge in [0, 0.05) is 12.6 Å². The topological polar surface area (TPSA) is 76.2 Å². The highest BCUT2D eigenvalue weighted by Gasteiger charge is 2.14. The normalized spacial score (nSPS) is 12.5. The molecule has 1 heterocycles. The minimum absolute atomic E-state index is 0.0809. The molecule has 1 atom stereocenters. The lowest BCUT2D eigenvalue weighted by Gasteiger charge is -2.05. The van der Waals surface area contributed by atoms with Crippen LogP contribution in [0.25, 0.3) is 0 Å². The van der Waals surface area contributed by atoms with E-state index in [0.717, 1.165) is 0 Å². The van der Waals surface area contributed by atoms with E-state index in [1.807, 2.05) is 0 Å². The average molecular weight is 184 g/mol. The molecule has 3 N–H and O–H groups in total. The molecule has 1 aromatic rings. The standard InChI is InChI=1S/C8H9FN2O2/c9-5-2-1-3-11-7(5)4-6(10)8(12)13/h1-3,6H,4,10H2,(H,12,13)/t6-/m1/s1. The van der Waals surface area contributed by atoms with Gasteiger partial charge in [-0.1, -0.05) is 0 Å². The molecule has 0 aliphatic heterocycles.